The molecule has 390 valence electrons. The Hall–Kier alpha value is -3.46. The van der Waals surface area contributed by atoms with Crippen molar-refractivity contribution in [3.8, 4) is 0 Å². The van der Waals surface area contributed by atoms with E-state index in [9.17, 15) is 47.2 Å². The Morgan fingerprint density at radius 1 is 0.855 bits per heavy atom. The van der Waals surface area contributed by atoms with E-state index >= 15 is 0 Å². The number of Topliss-reactive ketones (excluding diaryl/α,β-unsaturated/α-hetero) is 3. The Labute approximate surface area is 409 Å². The zero-order valence-electron chi connectivity index (χ0n) is 42.2. The number of hydrogen-bond acceptors (Lipinski definition) is 15. The molecule has 1 saturated carbocycles. The number of aliphatic hydroxyl groups excluding tert-OH is 1. The zero-order chi connectivity index (χ0) is 51.4. The maximum atomic E-state index is 14.4. The monoisotopic (exact) mass is 994 g/mol. The highest BCUT2D eigenvalue weighted by atomic mass is 32.3. The molecule has 14 unspecified atom stereocenters. The number of hydrogen-bond donors (Lipinski definition) is 3. The molecule has 3 heterocycles. The summed E-state index contributed by atoms with van der Waals surface area (Å²) in [5.74, 6) is -8.80. The van der Waals surface area contributed by atoms with Crippen molar-refractivity contribution in [1.29, 1.82) is 0 Å². The molecule has 18 heteroatoms. The minimum absolute atomic E-state index is 0.00900. The first kappa shape index (κ1) is 58.1. The van der Waals surface area contributed by atoms with Gasteiger partial charge in [-0.3, -0.25) is 23.7 Å². The zero-order valence-corrected chi connectivity index (χ0v) is 43.1. The number of carbonyl (C=O) groups is 5. The lowest BCUT2D eigenvalue weighted by Gasteiger charge is -2.42. The Morgan fingerprint density at radius 2 is 1.57 bits per heavy atom. The molecular formula is C51H79NO16S. The number of aliphatic hydroxyl groups is 2. The number of cyclic esters (lactones) is 1. The van der Waals surface area contributed by atoms with Crippen molar-refractivity contribution in [2.75, 3.05) is 27.9 Å². The molecule has 3 fully saturated rings. The molecule has 0 aromatic carbocycles. The van der Waals surface area contributed by atoms with E-state index in [0.29, 0.717) is 56.9 Å². The van der Waals surface area contributed by atoms with Crippen LogP contribution in [0.4, 0.5) is 0 Å². The molecule has 0 aromatic heterocycles. The second-order valence-electron chi connectivity index (χ2n) is 20.1. The number of allylic oxidation sites excluding steroid dienone is 6. The highest BCUT2D eigenvalue weighted by Crippen LogP contribution is 2.38. The van der Waals surface area contributed by atoms with Gasteiger partial charge in [-0.25, -0.2) is 8.98 Å². The third-order valence-corrected chi connectivity index (χ3v) is 15.2. The highest BCUT2D eigenvalue weighted by molar-refractivity contribution is 7.80. The van der Waals surface area contributed by atoms with Crippen LogP contribution in [-0.4, -0.2) is 140 Å². The average molecular weight is 994 g/mol. The first-order valence-electron chi connectivity index (χ1n) is 24.6. The summed E-state index contributed by atoms with van der Waals surface area (Å²) in [5.41, 5.74) is 1.20. The van der Waals surface area contributed by atoms with E-state index in [1.54, 1.807) is 40.9 Å². The Kier molecular flexibility index (Phi) is 22.1. The first-order valence-corrected chi connectivity index (χ1v) is 25.9. The molecule has 2 bridgehead atoms. The Balaban J connectivity index is 1.71. The maximum absolute atomic E-state index is 14.4. The molecule has 69 heavy (non-hydrogen) atoms. The van der Waals surface area contributed by atoms with Crippen LogP contribution in [0.2, 0.25) is 0 Å². The van der Waals surface area contributed by atoms with Gasteiger partial charge in [0, 0.05) is 58.5 Å². The topological polar surface area (TPSA) is 239 Å². The summed E-state index contributed by atoms with van der Waals surface area (Å²) in [6, 6.07) is -1.21. The van der Waals surface area contributed by atoms with Crippen molar-refractivity contribution < 1.29 is 75.0 Å². The fraction of sp³-hybridized carbons (Fsp3) is 0.745. The number of ether oxygens (including phenoxy) is 5. The van der Waals surface area contributed by atoms with Crippen LogP contribution < -0.4 is 0 Å². The van der Waals surface area contributed by atoms with Crippen molar-refractivity contribution >= 4 is 39.6 Å². The molecule has 3 N–H and O–H groups in total. The predicted molar refractivity (Wildman–Crippen MR) is 256 cm³/mol. The van der Waals surface area contributed by atoms with Crippen molar-refractivity contribution in [2.45, 2.75) is 180 Å². The third-order valence-electron chi connectivity index (χ3n) is 14.7. The molecular weight excluding hydrogens is 915 g/mol. The van der Waals surface area contributed by atoms with Crippen LogP contribution in [0.3, 0.4) is 0 Å². The van der Waals surface area contributed by atoms with Gasteiger partial charge in [0.15, 0.2) is 5.78 Å². The molecule has 1 aliphatic carbocycles. The van der Waals surface area contributed by atoms with E-state index in [0.717, 1.165) is 10.5 Å². The fourth-order valence-corrected chi connectivity index (χ4v) is 10.9. The summed E-state index contributed by atoms with van der Waals surface area (Å²) >= 11 is 0. The standard InChI is InChI=1S/C51H79NO16S/c1-30-16-12-11-13-17-31(2)42(63-8)28-38-21-19-36(7)51(59,67-38)48(56)49(57)52-23-15-14-18-39(52)50(58)66-43(33(4)26-37-20-22-41(44(27-37)64-9)68-69(60,61)62)29-40(53)32(3)25-35(6)46(55)47(65-10)45(54)34(5)24-30/h11-13,16-17,25,30,32-34,36-39,41-44,46-47,55,59H,14-15,18-24,26-29H2,1-10H3,(H,60,61,62)/b13-11+,16-12-,31-17+,35-25+/t30?,32?,33?,34?,36?,37?,38?,39?,41?,42?,43?,44?,46?,47?,51-/m1/s1. The van der Waals surface area contributed by atoms with Gasteiger partial charge in [-0.15, -0.1) is 0 Å². The minimum Gasteiger partial charge on any atom is -0.460 e. The molecule has 4 aliphatic rings. The van der Waals surface area contributed by atoms with Gasteiger partial charge in [0.1, 0.15) is 36.2 Å². The number of ketones is 3. The van der Waals surface area contributed by atoms with Crippen LogP contribution in [0.25, 0.3) is 0 Å². The second-order valence-corrected chi connectivity index (χ2v) is 21.1. The molecule has 3 aliphatic heterocycles. The number of fused-ring (bicyclic) bond motifs is 3. The number of rotatable bonds is 8. The Bertz CT molecular complexity index is 2020. The van der Waals surface area contributed by atoms with Gasteiger partial charge in [0.2, 0.25) is 5.79 Å². The second kappa shape index (κ2) is 26.3. The van der Waals surface area contributed by atoms with E-state index in [1.807, 2.05) is 51.2 Å². The third kappa shape index (κ3) is 16.0. The maximum Gasteiger partial charge on any atom is 0.397 e. The summed E-state index contributed by atoms with van der Waals surface area (Å²) in [4.78, 5) is 72.0. The number of carbonyl (C=O) groups excluding carboxylic acids is 5. The molecule has 1 amide bonds. The quantitative estimate of drug-likeness (QED) is 0.109. The van der Waals surface area contributed by atoms with E-state index in [-0.39, 0.29) is 55.6 Å². The van der Waals surface area contributed by atoms with Crippen molar-refractivity contribution in [1.82, 2.24) is 4.90 Å². The van der Waals surface area contributed by atoms with Crippen LogP contribution in [0.5, 0.6) is 0 Å². The molecule has 0 radical (unpaired) electrons. The van der Waals surface area contributed by atoms with Crippen LogP contribution in [0.1, 0.15) is 126 Å². The molecule has 2 saturated heterocycles. The van der Waals surface area contributed by atoms with Gasteiger partial charge in [-0.1, -0.05) is 71.1 Å². The molecule has 0 spiro atoms. The SMILES string of the molecule is COC1CC2CCC(C)[C@@](O)(O2)C(=O)C(=O)N2CCCCC2C(=O)OC(C(C)CC2CCC(OS(=O)(=O)O)C(OC)C2)CC(=O)C(C)/C=C(\C)C(O)C(OC)C(=O)C(C)CC(C)\C=C/C=C/C=C/1C. The summed E-state index contributed by atoms with van der Waals surface area (Å²) in [6.45, 7) is 12.4. The molecule has 15 atom stereocenters. The number of amides is 1. The molecule has 0 aromatic rings. The van der Waals surface area contributed by atoms with Crippen LogP contribution in [-0.2, 0) is 62.2 Å². The van der Waals surface area contributed by atoms with Crippen molar-refractivity contribution in [3.05, 3.63) is 47.6 Å². The van der Waals surface area contributed by atoms with Crippen LogP contribution >= 0.6 is 0 Å². The average Bonchev–Trinajstić information content (AvgIpc) is 3.30. The van der Waals surface area contributed by atoms with Gasteiger partial charge in [-0.05, 0) is 107 Å². The van der Waals surface area contributed by atoms with Gasteiger partial charge < -0.3 is 38.8 Å². The summed E-state index contributed by atoms with van der Waals surface area (Å²) in [6.07, 6.45) is 8.78. The minimum atomic E-state index is -4.74. The number of piperidine rings is 1. The number of methoxy groups -OCH3 is 3. The summed E-state index contributed by atoms with van der Waals surface area (Å²) in [5, 5.41) is 23.4. The van der Waals surface area contributed by atoms with E-state index in [4.69, 9.17) is 27.9 Å². The van der Waals surface area contributed by atoms with Crippen LogP contribution in [0.15, 0.2) is 47.6 Å². The van der Waals surface area contributed by atoms with Gasteiger partial charge in [-0.2, -0.15) is 8.42 Å². The summed E-state index contributed by atoms with van der Waals surface area (Å²) < 4.78 is 66.7. The normalized spacial score (nSPS) is 39.0. The first-order chi connectivity index (χ1) is 32.4. The van der Waals surface area contributed by atoms with Gasteiger partial charge in [0.25, 0.3) is 11.7 Å². The fourth-order valence-electron chi connectivity index (χ4n) is 10.4. The lowest BCUT2D eigenvalue weighted by atomic mass is 9.78. The smallest absolute Gasteiger partial charge is 0.397 e. The molecule has 4 rings (SSSR count). The summed E-state index contributed by atoms with van der Waals surface area (Å²) in [7, 11) is -0.421. The number of esters is 1. The van der Waals surface area contributed by atoms with E-state index in [2.05, 4.69) is 0 Å². The van der Waals surface area contributed by atoms with Crippen molar-refractivity contribution in [3.63, 3.8) is 0 Å². The lowest BCUT2D eigenvalue weighted by Crippen LogP contribution is -2.61. The highest BCUT2D eigenvalue weighted by Gasteiger charge is 2.53. The van der Waals surface area contributed by atoms with E-state index in [1.165, 1.54) is 14.2 Å². The number of nitrogens with zero attached hydrogens (tertiary/aromatic N) is 1. The Morgan fingerprint density at radius 3 is 2.22 bits per heavy atom. The molecule has 17 nitrogen and oxygen atoms in total. The van der Waals surface area contributed by atoms with Crippen molar-refractivity contribution in [2.24, 2.45) is 35.5 Å². The predicted octanol–water partition coefficient (Wildman–Crippen LogP) is 6.01. The van der Waals surface area contributed by atoms with Crippen LogP contribution in [0, 0.1) is 35.5 Å². The van der Waals surface area contributed by atoms with E-state index < -0.39 is 106 Å². The largest absolute Gasteiger partial charge is 0.460 e. The lowest BCUT2D eigenvalue weighted by molar-refractivity contribution is -0.265. The van der Waals surface area contributed by atoms with Gasteiger partial charge >= 0.3 is 16.4 Å². The van der Waals surface area contributed by atoms with Gasteiger partial charge in [0.05, 0.1) is 18.3 Å².